The maximum Gasteiger partial charge on any atom is 0.169 e. The zero-order chi connectivity index (χ0) is 21.5. The molecular formula is C23H33N5O4. The van der Waals surface area contributed by atoms with E-state index < -0.39 is 18.1 Å². The van der Waals surface area contributed by atoms with E-state index in [9.17, 15) is 5.11 Å². The minimum absolute atomic E-state index is 0.104. The first-order valence-corrected chi connectivity index (χ1v) is 12.3. The molecule has 2 aliphatic heterocycles. The number of ether oxygens (including phenoxy) is 3. The molecule has 0 bridgehead atoms. The molecule has 9 nitrogen and oxygen atoms in total. The Labute approximate surface area is 187 Å². The Morgan fingerprint density at radius 1 is 1.00 bits per heavy atom. The van der Waals surface area contributed by atoms with Gasteiger partial charge >= 0.3 is 0 Å². The van der Waals surface area contributed by atoms with Gasteiger partial charge in [0.25, 0.3) is 0 Å². The van der Waals surface area contributed by atoms with Crippen LogP contribution in [0.3, 0.4) is 0 Å². The van der Waals surface area contributed by atoms with Gasteiger partial charge in [0, 0.05) is 19.4 Å². The third kappa shape index (κ3) is 3.59. The predicted octanol–water partition coefficient (Wildman–Crippen LogP) is 3.15. The Balaban J connectivity index is 1.25. The fraction of sp³-hybridized carbons (Fsp3) is 0.783. The molecule has 32 heavy (non-hydrogen) atoms. The van der Waals surface area contributed by atoms with Crippen molar-refractivity contribution in [1.82, 2.24) is 19.5 Å². The van der Waals surface area contributed by atoms with Crippen molar-refractivity contribution < 1.29 is 19.3 Å². The van der Waals surface area contributed by atoms with Gasteiger partial charge in [0.15, 0.2) is 29.0 Å². The van der Waals surface area contributed by atoms with E-state index >= 15 is 0 Å². The Bertz CT molecular complexity index is 940. The number of aliphatic hydroxyl groups excluding tert-OH is 1. The summed E-state index contributed by atoms with van der Waals surface area (Å²) in [5.74, 6) is 0.914. The monoisotopic (exact) mass is 443 g/mol. The molecule has 1 spiro atoms. The van der Waals surface area contributed by atoms with Gasteiger partial charge in [-0.05, 0) is 31.6 Å². The minimum Gasteiger partial charge on any atom is -0.394 e. The largest absolute Gasteiger partial charge is 0.394 e. The van der Waals surface area contributed by atoms with Gasteiger partial charge in [0.1, 0.15) is 24.6 Å². The third-order valence-corrected chi connectivity index (χ3v) is 7.70. The van der Waals surface area contributed by atoms with E-state index in [-0.39, 0.29) is 18.8 Å². The van der Waals surface area contributed by atoms with E-state index in [0.29, 0.717) is 11.6 Å². The van der Waals surface area contributed by atoms with Crippen LogP contribution >= 0.6 is 0 Å². The summed E-state index contributed by atoms with van der Waals surface area (Å²) in [5.41, 5.74) is 1.45. The van der Waals surface area contributed by atoms with Crippen LogP contribution in [0.1, 0.15) is 70.4 Å². The molecule has 2 N–H and O–H groups in total. The van der Waals surface area contributed by atoms with E-state index in [1.165, 1.54) is 38.5 Å². The second-order valence-electron chi connectivity index (χ2n) is 9.82. The standard InChI is InChI=1S/C23H33N5O4/c29-12-16-18-19(32-23(31-18)9-5-2-6-10-23)22(30-16)28-14-27-17-20(25-13-26-21(17)28)24-11-15-7-3-1-4-8-15/h13-16,18-19,22,29H,1-12H2,(H,24,25,26)/t16-,18-,19-,22-/m1/s1. The first-order valence-electron chi connectivity index (χ1n) is 12.3. The molecule has 174 valence electrons. The van der Waals surface area contributed by atoms with Crippen LogP contribution in [-0.2, 0) is 14.2 Å². The van der Waals surface area contributed by atoms with Crippen molar-refractivity contribution in [2.45, 2.75) is 94.5 Å². The number of nitrogens with zero attached hydrogens (tertiary/aromatic N) is 4. The van der Waals surface area contributed by atoms with Gasteiger partial charge in [-0.25, -0.2) is 15.0 Å². The molecule has 4 atom stereocenters. The molecule has 6 rings (SSSR count). The molecule has 9 heteroatoms. The fourth-order valence-electron chi connectivity index (χ4n) is 6.00. The number of hydrogen-bond acceptors (Lipinski definition) is 8. The second kappa shape index (κ2) is 8.52. The molecule has 0 amide bonds. The number of aromatic nitrogens is 4. The second-order valence-corrected chi connectivity index (χ2v) is 9.82. The van der Waals surface area contributed by atoms with Gasteiger partial charge in [-0.2, -0.15) is 0 Å². The molecule has 2 saturated heterocycles. The van der Waals surface area contributed by atoms with Gasteiger partial charge < -0.3 is 24.6 Å². The molecule has 2 aromatic rings. The molecule has 4 aliphatic rings. The van der Waals surface area contributed by atoms with Gasteiger partial charge in [-0.3, -0.25) is 4.57 Å². The lowest BCUT2D eigenvalue weighted by molar-refractivity contribution is -0.232. The first kappa shape index (κ1) is 20.8. The highest BCUT2D eigenvalue weighted by molar-refractivity contribution is 5.82. The average molecular weight is 444 g/mol. The lowest BCUT2D eigenvalue weighted by atomic mass is 9.89. The third-order valence-electron chi connectivity index (χ3n) is 7.70. The van der Waals surface area contributed by atoms with Crippen LogP contribution in [0.2, 0.25) is 0 Å². The lowest BCUT2D eigenvalue weighted by Crippen LogP contribution is -2.37. The van der Waals surface area contributed by atoms with E-state index in [2.05, 4.69) is 20.3 Å². The maximum absolute atomic E-state index is 9.95. The van der Waals surface area contributed by atoms with Crippen molar-refractivity contribution in [1.29, 1.82) is 0 Å². The van der Waals surface area contributed by atoms with Crippen LogP contribution in [0.5, 0.6) is 0 Å². The van der Waals surface area contributed by atoms with Gasteiger partial charge in [-0.1, -0.05) is 25.7 Å². The minimum atomic E-state index is -0.541. The van der Waals surface area contributed by atoms with E-state index in [1.807, 2.05) is 4.57 Å². The van der Waals surface area contributed by atoms with Crippen LogP contribution < -0.4 is 5.32 Å². The number of imidazole rings is 1. The number of hydrogen-bond donors (Lipinski definition) is 2. The molecule has 4 fully saturated rings. The number of rotatable bonds is 5. The molecule has 0 aromatic carbocycles. The normalized spacial score (nSPS) is 32.5. The van der Waals surface area contributed by atoms with Crippen molar-refractivity contribution in [2.24, 2.45) is 5.92 Å². The Kier molecular flexibility index (Phi) is 5.53. The fourth-order valence-corrected chi connectivity index (χ4v) is 6.00. The zero-order valence-corrected chi connectivity index (χ0v) is 18.5. The van der Waals surface area contributed by atoms with Crippen LogP contribution in [0, 0.1) is 5.92 Å². The number of fused-ring (bicyclic) bond motifs is 2. The van der Waals surface area contributed by atoms with Crippen LogP contribution in [0.15, 0.2) is 12.7 Å². The lowest BCUT2D eigenvalue weighted by Gasteiger charge is -2.34. The van der Waals surface area contributed by atoms with Crippen LogP contribution in [-0.4, -0.2) is 61.9 Å². The van der Waals surface area contributed by atoms with Gasteiger partial charge in [-0.15, -0.1) is 0 Å². The Morgan fingerprint density at radius 2 is 1.78 bits per heavy atom. The maximum atomic E-state index is 9.95. The first-order chi connectivity index (χ1) is 15.8. The quantitative estimate of drug-likeness (QED) is 0.726. The van der Waals surface area contributed by atoms with Crippen LogP contribution in [0.25, 0.3) is 11.2 Å². The molecule has 2 saturated carbocycles. The predicted molar refractivity (Wildman–Crippen MR) is 117 cm³/mol. The summed E-state index contributed by atoms with van der Waals surface area (Å²) in [7, 11) is 0. The molecule has 0 unspecified atom stereocenters. The number of nitrogens with one attached hydrogen (secondary N) is 1. The Morgan fingerprint density at radius 3 is 2.59 bits per heavy atom. The molecular weight excluding hydrogens is 410 g/mol. The van der Waals surface area contributed by atoms with Crippen molar-refractivity contribution in [2.75, 3.05) is 18.5 Å². The zero-order valence-electron chi connectivity index (χ0n) is 18.5. The number of aliphatic hydroxyl groups is 1. The summed E-state index contributed by atoms with van der Waals surface area (Å²) in [4.78, 5) is 13.6. The molecule has 2 aliphatic carbocycles. The van der Waals surface area contributed by atoms with E-state index in [4.69, 9.17) is 14.2 Å². The summed E-state index contributed by atoms with van der Waals surface area (Å²) in [6.45, 7) is 0.808. The summed E-state index contributed by atoms with van der Waals surface area (Å²) in [6.07, 6.45) is 13.6. The highest BCUT2D eigenvalue weighted by atomic mass is 16.8. The topological polar surface area (TPSA) is 104 Å². The summed E-state index contributed by atoms with van der Waals surface area (Å²) >= 11 is 0. The molecule has 4 heterocycles. The van der Waals surface area contributed by atoms with Crippen molar-refractivity contribution in [3.05, 3.63) is 12.7 Å². The summed E-state index contributed by atoms with van der Waals surface area (Å²) < 4.78 is 21.0. The van der Waals surface area contributed by atoms with Gasteiger partial charge in [0.2, 0.25) is 0 Å². The van der Waals surface area contributed by atoms with E-state index in [0.717, 1.165) is 43.6 Å². The highest BCUT2D eigenvalue weighted by Crippen LogP contribution is 2.48. The SMILES string of the molecule is OC[C@H]1O[C@@H](n2cnc3c(NCC4CCCCC4)ncnc32)[C@@H]2OC3(CCCCC3)O[C@@H]21. The van der Waals surface area contributed by atoms with Crippen molar-refractivity contribution in [3.63, 3.8) is 0 Å². The summed E-state index contributed by atoms with van der Waals surface area (Å²) in [6, 6.07) is 0. The smallest absolute Gasteiger partial charge is 0.169 e. The average Bonchev–Trinajstić information content (AvgIpc) is 3.51. The van der Waals surface area contributed by atoms with E-state index in [1.54, 1.807) is 12.7 Å². The Hall–Kier alpha value is -1.81. The summed E-state index contributed by atoms with van der Waals surface area (Å²) in [5, 5.41) is 13.5. The molecule has 0 radical (unpaired) electrons. The van der Waals surface area contributed by atoms with Crippen LogP contribution in [0.4, 0.5) is 5.82 Å². The molecule has 2 aromatic heterocycles. The highest BCUT2D eigenvalue weighted by Gasteiger charge is 2.58. The van der Waals surface area contributed by atoms with Crippen molar-refractivity contribution in [3.8, 4) is 0 Å². The van der Waals surface area contributed by atoms with Crippen molar-refractivity contribution >= 4 is 17.0 Å². The number of anilines is 1. The van der Waals surface area contributed by atoms with Gasteiger partial charge in [0.05, 0.1) is 12.9 Å².